The van der Waals surface area contributed by atoms with Crippen molar-refractivity contribution in [3.8, 4) is 0 Å². The number of fused-ring (bicyclic) bond motifs is 1. The molecule has 0 aromatic heterocycles. The Kier molecular flexibility index (Phi) is 3.71. The highest BCUT2D eigenvalue weighted by Crippen LogP contribution is 2.26. The Labute approximate surface area is 112 Å². The van der Waals surface area contributed by atoms with Crippen LogP contribution in [0.15, 0.2) is 24.3 Å². The predicted molar refractivity (Wildman–Crippen MR) is 72.1 cm³/mol. The Morgan fingerprint density at radius 2 is 2.00 bits per heavy atom. The fourth-order valence-corrected chi connectivity index (χ4v) is 2.76. The highest BCUT2D eigenvalue weighted by Gasteiger charge is 2.26. The van der Waals surface area contributed by atoms with Gasteiger partial charge in [-0.15, -0.1) is 0 Å². The standard InChI is InChI=1S/C13H15NO4S/c1-19(17,18)9-13(16)14-8-4-7-12(15)10-5-2-3-6-11(10)14/h2-3,5-6H,4,7-9H2,1H3. The maximum Gasteiger partial charge on any atom is 0.242 e. The molecule has 0 spiro atoms. The molecule has 0 fully saturated rings. The minimum Gasteiger partial charge on any atom is -0.311 e. The van der Waals surface area contributed by atoms with Gasteiger partial charge in [0.2, 0.25) is 5.91 Å². The van der Waals surface area contributed by atoms with Crippen molar-refractivity contribution in [1.29, 1.82) is 0 Å². The van der Waals surface area contributed by atoms with Crippen molar-refractivity contribution in [3.63, 3.8) is 0 Å². The number of benzene rings is 1. The van der Waals surface area contributed by atoms with Gasteiger partial charge in [0.05, 0.1) is 5.69 Å². The molecular formula is C13H15NO4S. The molecule has 6 heteroatoms. The summed E-state index contributed by atoms with van der Waals surface area (Å²) < 4.78 is 22.5. The second kappa shape index (κ2) is 5.13. The van der Waals surface area contributed by atoms with E-state index >= 15 is 0 Å². The zero-order valence-electron chi connectivity index (χ0n) is 10.6. The first kappa shape index (κ1) is 13.7. The summed E-state index contributed by atoms with van der Waals surface area (Å²) in [5.41, 5.74) is 1.00. The van der Waals surface area contributed by atoms with Gasteiger partial charge in [0, 0.05) is 24.8 Å². The van der Waals surface area contributed by atoms with E-state index in [9.17, 15) is 18.0 Å². The van der Waals surface area contributed by atoms with Crippen molar-refractivity contribution in [3.05, 3.63) is 29.8 Å². The molecule has 0 unspecified atom stereocenters. The van der Waals surface area contributed by atoms with Gasteiger partial charge >= 0.3 is 0 Å². The summed E-state index contributed by atoms with van der Waals surface area (Å²) in [6.45, 7) is 0.372. The summed E-state index contributed by atoms with van der Waals surface area (Å²) in [5.74, 6) is -1.02. The van der Waals surface area contributed by atoms with Gasteiger partial charge in [-0.3, -0.25) is 9.59 Å². The molecule has 0 radical (unpaired) electrons. The highest BCUT2D eigenvalue weighted by molar-refractivity contribution is 7.91. The Morgan fingerprint density at radius 1 is 1.32 bits per heavy atom. The van der Waals surface area contributed by atoms with E-state index in [0.717, 1.165) is 6.26 Å². The van der Waals surface area contributed by atoms with E-state index in [1.807, 2.05) is 0 Å². The van der Waals surface area contributed by atoms with Crippen molar-refractivity contribution in [2.75, 3.05) is 23.5 Å². The van der Waals surface area contributed by atoms with E-state index in [0.29, 0.717) is 30.6 Å². The normalized spacial score (nSPS) is 15.8. The van der Waals surface area contributed by atoms with E-state index < -0.39 is 21.5 Å². The first-order chi connectivity index (χ1) is 8.88. The van der Waals surface area contributed by atoms with Crippen LogP contribution in [0.1, 0.15) is 23.2 Å². The molecule has 1 heterocycles. The lowest BCUT2D eigenvalue weighted by atomic mass is 10.1. The number of hydrogen-bond acceptors (Lipinski definition) is 4. The number of carbonyl (C=O) groups excluding carboxylic acids is 2. The van der Waals surface area contributed by atoms with Crippen molar-refractivity contribution in [1.82, 2.24) is 0 Å². The number of Topliss-reactive ketones (excluding diaryl/α,β-unsaturated/α-hetero) is 1. The number of anilines is 1. The number of carbonyl (C=O) groups is 2. The third-order valence-corrected chi connectivity index (χ3v) is 3.74. The lowest BCUT2D eigenvalue weighted by molar-refractivity contribution is -0.116. The molecule has 0 saturated carbocycles. The van der Waals surface area contributed by atoms with Crippen LogP contribution < -0.4 is 4.90 Å². The summed E-state index contributed by atoms with van der Waals surface area (Å²) in [4.78, 5) is 25.4. The summed E-state index contributed by atoms with van der Waals surface area (Å²) in [6.07, 6.45) is 1.95. The number of amides is 1. The van der Waals surface area contributed by atoms with Gasteiger partial charge in [-0.2, -0.15) is 0 Å². The third kappa shape index (κ3) is 3.20. The number of ketones is 1. The van der Waals surface area contributed by atoms with Crippen LogP contribution in [0, 0.1) is 0 Å². The third-order valence-electron chi connectivity index (χ3n) is 2.97. The second-order valence-corrected chi connectivity index (χ2v) is 6.80. The van der Waals surface area contributed by atoms with E-state index in [4.69, 9.17) is 0 Å². The predicted octanol–water partition coefficient (Wildman–Crippen LogP) is 1.04. The molecule has 5 nitrogen and oxygen atoms in total. The molecule has 0 aliphatic carbocycles. The van der Waals surface area contributed by atoms with E-state index in [-0.39, 0.29) is 5.78 Å². The van der Waals surface area contributed by atoms with Gasteiger partial charge < -0.3 is 4.90 Å². The quantitative estimate of drug-likeness (QED) is 0.812. The average Bonchev–Trinajstić information content (AvgIpc) is 2.47. The topological polar surface area (TPSA) is 71.5 Å². The van der Waals surface area contributed by atoms with Crippen LogP contribution in [-0.2, 0) is 14.6 Å². The SMILES string of the molecule is CS(=O)(=O)CC(=O)N1CCCC(=O)c2ccccc21. The Hall–Kier alpha value is -1.69. The number of rotatable bonds is 2. The largest absolute Gasteiger partial charge is 0.311 e. The average molecular weight is 281 g/mol. The molecule has 1 aliphatic heterocycles. The molecular weight excluding hydrogens is 266 g/mol. The molecule has 1 amide bonds. The van der Waals surface area contributed by atoms with Gasteiger partial charge in [0.1, 0.15) is 5.75 Å². The molecule has 0 bridgehead atoms. The van der Waals surface area contributed by atoms with E-state index in [1.165, 1.54) is 4.90 Å². The fourth-order valence-electron chi connectivity index (χ4n) is 2.16. The van der Waals surface area contributed by atoms with Crippen molar-refractivity contribution < 1.29 is 18.0 Å². The molecule has 1 aromatic rings. The summed E-state index contributed by atoms with van der Waals surface area (Å²) in [6, 6.07) is 6.82. The fraction of sp³-hybridized carbons (Fsp3) is 0.385. The van der Waals surface area contributed by atoms with Crippen LogP contribution in [0.2, 0.25) is 0 Å². The zero-order valence-corrected chi connectivity index (χ0v) is 11.4. The smallest absolute Gasteiger partial charge is 0.242 e. The Balaban J connectivity index is 2.39. The molecule has 1 aromatic carbocycles. The lowest BCUT2D eigenvalue weighted by Crippen LogP contribution is -2.36. The first-order valence-corrected chi connectivity index (χ1v) is 8.05. The van der Waals surface area contributed by atoms with Crippen LogP contribution in [0.3, 0.4) is 0 Å². The zero-order chi connectivity index (χ0) is 14.0. The van der Waals surface area contributed by atoms with Gasteiger partial charge in [-0.1, -0.05) is 12.1 Å². The number of nitrogens with zero attached hydrogens (tertiary/aromatic N) is 1. The van der Waals surface area contributed by atoms with Gasteiger partial charge in [-0.25, -0.2) is 8.42 Å². The van der Waals surface area contributed by atoms with Crippen LogP contribution in [0.25, 0.3) is 0 Å². The summed E-state index contributed by atoms with van der Waals surface area (Å²) in [7, 11) is -3.38. The minimum atomic E-state index is -3.38. The van der Waals surface area contributed by atoms with Gasteiger partial charge in [0.15, 0.2) is 15.6 Å². The summed E-state index contributed by atoms with van der Waals surface area (Å²) in [5, 5.41) is 0. The molecule has 0 saturated heterocycles. The van der Waals surface area contributed by atoms with Crippen LogP contribution in [0.5, 0.6) is 0 Å². The number of hydrogen-bond donors (Lipinski definition) is 0. The molecule has 1 aliphatic rings. The lowest BCUT2D eigenvalue weighted by Gasteiger charge is -2.22. The van der Waals surface area contributed by atoms with E-state index in [2.05, 4.69) is 0 Å². The molecule has 19 heavy (non-hydrogen) atoms. The molecule has 102 valence electrons. The molecule has 0 N–H and O–H groups in total. The molecule has 0 atom stereocenters. The maximum absolute atomic E-state index is 12.1. The van der Waals surface area contributed by atoms with Crippen LogP contribution in [-0.4, -0.2) is 38.7 Å². The minimum absolute atomic E-state index is 0.00902. The Morgan fingerprint density at radius 3 is 2.68 bits per heavy atom. The second-order valence-electron chi connectivity index (χ2n) is 4.66. The van der Waals surface area contributed by atoms with Crippen molar-refractivity contribution in [2.45, 2.75) is 12.8 Å². The van der Waals surface area contributed by atoms with Crippen LogP contribution in [0.4, 0.5) is 5.69 Å². The Bertz CT molecular complexity index is 621. The van der Waals surface area contributed by atoms with Crippen molar-refractivity contribution >= 4 is 27.2 Å². The first-order valence-electron chi connectivity index (χ1n) is 5.99. The molecule has 2 rings (SSSR count). The van der Waals surface area contributed by atoms with Gasteiger partial charge in [0.25, 0.3) is 0 Å². The number of sulfone groups is 1. The van der Waals surface area contributed by atoms with Gasteiger partial charge in [-0.05, 0) is 18.6 Å². The number of para-hydroxylation sites is 1. The maximum atomic E-state index is 12.1. The summed E-state index contributed by atoms with van der Waals surface area (Å²) >= 11 is 0. The monoisotopic (exact) mass is 281 g/mol. The van der Waals surface area contributed by atoms with E-state index in [1.54, 1.807) is 24.3 Å². The van der Waals surface area contributed by atoms with Crippen molar-refractivity contribution in [2.24, 2.45) is 0 Å². The highest BCUT2D eigenvalue weighted by atomic mass is 32.2. The van der Waals surface area contributed by atoms with Crippen LogP contribution >= 0.6 is 0 Å².